The largest absolute Gasteiger partial charge is 0.493 e. The number of allylic oxidation sites excluding steroid dienone is 1. The number of methoxy groups -OCH3 is 2. The van der Waals surface area contributed by atoms with Crippen molar-refractivity contribution in [2.75, 3.05) is 20.8 Å². The van der Waals surface area contributed by atoms with Gasteiger partial charge in [-0.25, -0.2) is 9.79 Å². The Labute approximate surface area is 269 Å². The van der Waals surface area contributed by atoms with Crippen LogP contribution in [0.1, 0.15) is 36.6 Å². The van der Waals surface area contributed by atoms with E-state index in [-0.39, 0.29) is 12.2 Å². The van der Waals surface area contributed by atoms with E-state index in [0.29, 0.717) is 50.0 Å². The molecule has 43 heavy (non-hydrogen) atoms. The molecule has 11 heteroatoms. The van der Waals surface area contributed by atoms with E-state index in [9.17, 15) is 9.59 Å². The Balaban J connectivity index is 1.59. The number of thiazole rings is 1. The van der Waals surface area contributed by atoms with Crippen molar-refractivity contribution in [1.82, 2.24) is 4.57 Å². The molecule has 0 amide bonds. The van der Waals surface area contributed by atoms with Gasteiger partial charge in [0, 0.05) is 0 Å². The molecule has 0 unspecified atom stereocenters. The van der Waals surface area contributed by atoms with Crippen molar-refractivity contribution in [2.45, 2.75) is 26.5 Å². The average Bonchev–Trinajstić information content (AvgIpc) is 3.29. The molecule has 0 fully saturated rings. The third-order valence-corrected chi connectivity index (χ3v) is 8.95. The van der Waals surface area contributed by atoms with Gasteiger partial charge < -0.3 is 18.9 Å². The molecule has 3 aromatic carbocycles. The predicted octanol–water partition coefficient (Wildman–Crippen LogP) is 5.92. The number of esters is 1. The van der Waals surface area contributed by atoms with E-state index in [1.807, 2.05) is 48.5 Å². The number of hydrogen-bond acceptors (Lipinski definition) is 8. The monoisotopic (exact) mass is 726 g/mol. The number of ether oxygens (including phenoxy) is 4. The molecule has 1 aliphatic heterocycles. The second-order valence-electron chi connectivity index (χ2n) is 9.50. The number of fused-ring (bicyclic) bond motifs is 1. The number of benzene rings is 3. The van der Waals surface area contributed by atoms with Crippen LogP contribution < -0.4 is 29.1 Å². The summed E-state index contributed by atoms with van der Waals surface area (Å²) in [5.41, 5.74) is 2.98. The van der Waals surface area contributed by atoms with Gasteiger partial charge in [-0.15, -0.1) is 0 Å². The fourth-order valence-electron chi connectivity index (χ4n) is 4.81. The van der Waals surface area contributed by atoms with Crippen LogP contribution in [-0.2, 0) is 16.1 Å². The summed E-state index contributed by atoms with van der Waals surface area (Å²) < 4.78 is 25.9. The maximum Gasteiger partial charge on any atom is 0.338 e. The summed E-state index contributed by atoms with van der Waals surface area (Å²) >= 11 is 8.49. The molecular weight excluding hydrogens is 700 g/mol. The molecule has 1 aromatic heterocycles. The van der Waals surface area contributed by atoms with Crippen molar-refractivity contribution in [1.29, 1.82) is 0 Å². The average molecular weight is 728 g/mol. The van der Waals surface area contributed by atoms with Gasteiger partial charge in [0.25, 0.3) is 5.56 Å². The smallest absolute Gasteiger partial charge is 0.338 e. The van der Waals surface area contributed by atoms with Crippen LogP contribution >= 0.6 is 43.2 Å². The Morgan fingerprint density at radius 1 is 1.02 bits per heavy atom. The summed E-state index contributed by atoms with van der Waals surface area (Å²) in [4.78, 5) is 32.3. The van der Waals surface area contributed by atoms with E-state index >= 15 is 0 Å². The second-order valence-corrected chi connectivity index (χ2v) is 12.2. The van der Waals surface area contributed by atoms with Crippen LogP contribution in [0.4, 0.5) is 0 Å². The number of halogens is 2. The molecule has 0 saturated heterocycles. The van der Waals surface area contributed by atoms with Crippen LogP contribution in [-0.4, -0.2) is 31.4 Å². The van der Waals surface area contributed by atoms with Crippen molar-refractivity contribution in [3.8, 4) is 17.2 Å². The SMILES string of the molecule is CCOC(=O)C1=C(C)N=c2s/c(=C\c3cc(Br)c(OCc4ccccc4)c(Br)c3)c(=O)n2[C@@H]1c1ccc(OC)c(OC)c1. The number of carbonyl (C=O) groups excluding carboxylic acids is 1. The van der Waals surface area contributed by atoms with Gasteiger partial charge in [0.1, 0.15) is 12.4 Å². The Bertz CT molecular complexity index is 1880. The molecule has 0 saturated carbocycles. The Hall–Kier alpha value is -3.67. The first-order valence-electron chi connectivity index (χ1n) is 13.3. The Morgan fingerprint density at radius 2 is 1.72 bits per heavy atom. The van der Waals surface area contributed by atoms with Gasteiger partial charge in [0.15, 0.2) is 16.3 Å². The molecule has 0 spiro atoms. The standard InChI is InChI=1S/C32H28Br2N2O6S/c1-5-41-31(38)27-18(2)35-32-36(28(27)21-11-12-24(39-3)25(16-21)40-4)30(37)26(43-32)15-20-13-22(33)29(23(34)14-20)42-17-19-9-7-6-8-10-19/h6-16,28H,5,17H2,1-4H3/b26-15-/t28-/m1/s1. The Morgan fingerprint density at radius 3 is 2.37 bits per heavy atom. The van der Waals surface area contributed by atoms with Crippen LogP contribution in [0, 0.1) is 0 Å². The zero-order chi connectivity index (χ0) is 30.7. The number of nitrogens with zero attached hydrogens (tertiary/aromatic N) is 2. The summed E-state index contributed by atoms with van der Waals surface area (Å²) in [5.74, 6) is 1.14. The summed E-state index contributed by atoms with van der Waals surface area (Å²) in [7, 11) is 3.09. The highest BCUT2D eigenvalue weighted by Gasteiger charge is 2.34. The third-order valence-electron chi connectivity index (χ3n) is 6.78. The fourth-order valence-corrected chi connectivity index (χ4v) is 7.31. The van der Waals surface area contributed by atoms with Crippen LogP contribution in [0.2, 0.25) is 0 Å². The topological polar surface area (TPSA) is 88.4 Å². The van der Waals surface area contributed by atoms with Gasteiger partial charge in [-0.3, -0.25) is 9.36 Å². The van der Waals surface area contributed by atoms with Crippen molar-refractivity contribution in [3.63, 3.8) is 0 Å². The summed E-state index contributed by atoms with van der Waals surface area (Å²) in [6.07, 6.45) is 1.80. The van der Waals surface area contributed by atoms with Gasteiger partial charge in [-0.1, -0.05) is 47.7 Å². The van der Waals surface area contributed by atoms with Crippen LogP contribution in [0.25, 0.3) is 6.08 Å². The van der Waals surface area contributed by atoms with Crippen molar-refractivity contribution in [2.24, 2.45) is 4.99 Å². The first kappa shape index (κ1) is 30.8. The molecule has 0 bridgehead atoms. The first-order valence-corrected chi connectivity index (χ1v) is 15.7. The van der Waals surface area contributed by atoms with Gasteiger partial charge in [0.2, 0.25) is 0 Å². The number of hydrogen-bond donors (Lipinski definition) is 0. The van der Waals surface area contributed by atoms with E-state index in [1.165, 1.54) is 18.4 Å². The maximum absolute atomic E-state index is 14.0. The lowest BCUT2D eigenvalue weighted by atomic mass is 9.95. The third kappa shape index (κ3) is 6.34. The molecule has 0 N–H and O–H groups in total. The highest BCUT2D eigenvalue weighted by atomic mass is 79.9. The summed E-state index contributed by atoms with van der Waals surface area (Å²) in [6.45, 7) is 4.09. The lowest BCUT2D eigenvalue weighted by molar-refractivity contribution is -0.139. The minimum atomic E-state index is -0.774. The summed E-state index contributed by atoms with van der Waals surface area (Å²) in [5, 5.41) is 0. The normalized spacial score (nSPS) is 14.7. The van der Waals surface area contributed by atoms with Gasteiger partial charge in [-0.05, 0) is 92.7 Å². The zero-order valence-corrected chi connectivity index (χ0v) is 27.8. The van der Waals surface area contributed by atoms with Crippen LogP contribution in [0.5, 0.6) is 17.2 Å². The first-order chi connectivity index (χ1) is 20.7. The minimum absolute atomic E-state index is 0.188. The van der Waals surface area contributed by atoms with Gasteiger partial charge >= 0.3 is 5.97 Å². The highest BCUT2D eigenvalue weighted by molar-refractivity contribution is 9.11. The fraction of sp³-hybridized carbons (Fsp3) is 0.219. The lowest BCUT2D eigenvalue weighted by Gasteiger charge is -2.25. The molecule has 4 aromatic rings. The number of carbonyl (C=O) groups is 1. The van der Waals surface area contributed by atoms with Crippen LogP contribution in [0.3, 0.4) is 0 Å². The molecule has 1 aliphatic rings. The molecule has 0 radical (unpaired) electrons. The zero-order valence-electron chi connectivity index (χ0n) is 23.9. The quantitative estimate of drug-likeness (QED) is 0.199. The van der Waals surface area contributed by atoms with E-state index in [1.54, 1.807) is 43.7 Å². The van der Waals surface area contributed by atoms with E-state index in [2.05, 4.69) is 36.9 Å². The van der Waals surface area contributed by atoms with Crippen molar-refractivity contribution < 1.29 is 23.7 Å². The van der Waals surface area contributed by atoms with E-state index in [0.717, 1.165) is 20.1 Å². The molecule has 5 rings (SSSR count). The summed E-state index contributed by atoms with van der Waals surface area (Å²) in [6, 6.07) is 18.2. The van der Waals surface area contributed by atoms with E-state index in [4.69, 9.17) is 18.9 Å². The molecular formula is C32H28Br2N2O6S. The predicted molar refractivity (Wildman–Crippen MR) is 173 cm³/mol. The molecule has 222 valence electrons. The van der Waals surface area contributed by atoms with Crippen LogP contribution in [0.15, 0.2) is 90.7 Å². The minimum Gasteiger partial charge on any atom is -0.493 e. The van der Waals surface area contributed by atoms with Crippen molar-refractivity contribution in [3.05, 3.63) is 117 Å². The number of aromatic nitrogens is 1. The Kier molecular flexibility index (Phi) is 9.53. The highest BCUT2D eigenvalue weighted by Crippen LogP contribution is 2.37. The van der Waals surface area contributed by atoms with E-state index < -0.39 is 12.0 Å². The molecule has 1 atom stereocenters. The lowest BCUT2D eigenvalue weighted by Crippen LogP contribution is -2.40. The van der Waals surface area contributed by atoms with Crippen molar-refractivity contribution >= 4 is 55.2 Å². The van der Waals surface area contributed by atoms with Gasteiger partial charge in [0.05, 0.1) is 51.6 Å². The second kappa shape index (κ2) is 13.3. The van der Waals surface area contributed by atoms with Gasteiger partial charge in [-0.2, -0.15) is 0 Å². The molecule has 2 heterocycles. The molecule has 8 nitrogen and oxygen atoms in total. The number of rotatable bonds is 9. The maximum atomic E-state index is 14.0. The molecule has 0 aliphatic carbocycles.